The summed E-state index contributed by atoms with van der Waals surface area (Å²) in [7, 11) is 0. The van der Waals surface area contributed by atoms with E-state index in [0.29, 0.717) is 22.4 Å². The van der Waals surface area contributed by atoms with E-state index < -0.39 is 5.23 Å². The third-order valence-corrected chi connectivity index (χ3v) is 4.42. The highest BCUT2D eigenvalue weighted by Gasteiger charge is 2.15. The molecule has 4 rings (SSSR count). The number of nitrogens with zero attached hydrogens (tertiary/aromatic N) is 3. The minimum Gasteiger partial charge on any atom is -0.595 e. The Labute approximate surface area is 144 Å². The summed E-state index contributed by atoms with van der Waals surface area (Å²) in [5.41, 5.74) is 2.86. The lowest BCUT2D eigenvalue weighted by atomic mass is 10.2. The van der Waals surface area contributed by atoms with E-state index in [9.17, 15) is 10.4 Å². The quantitative estimate of drug-likeness (QED) is 0.471. The second-order valence-electron chi connectivity index (χ2n) is 5.19. The molecule has 0 aliphatic rings. The molecular formula is C16H12BrN5O2. The molecule has 0 radical (unpaired) electrons. The van der Waals surface area contributed by atoms with Crippen molar-refractivity contribution in [1.82, 2.24) is 14.4 Å². The fraction of sp³-hybridized carbons (Fsp3) is 0. The number of benzene rings is 2. The average Bonchev–Trinajstić information content (AvgIpc) is 3.06. The van der Waals surface area contributed by atoms with Crippen molar-refractivity contribution < 1.29 is 10.4 Å². The van der Waals surface area contributed by atoms with Crippen LogP contribution in [0.15, 0.2) is 59.5 Å². The molecule has 0 saturated carbocycles. The van der Waals surface area contributed by atoms with Crippen molar-refractivity contribution in [1.29, 1.82) is 0 Å². The number of rotatable bonds is 3. The SMILES string of the molecule is [O-][NH+](O)c1cccc2nc(Nc3ccccc3Br)c3cncn3c12. The lowest BCUT2D eigenvalue weighted by Gasteiger charge is -2.16. The van der Waals surface area contributed by atoms with E-state index in [0.717, 1.165) is 10.2 Å². The molecule has 0 fully saturated rings. The Hall–Kier alpha value is -2.52. The standard InChI is InChI=1S/C16H12BrN5O2/c17-10-4-1-2-5-11(10)19-16-14-8-18-9-21(14)15-12(20-16)6-3-7-13(15)22(23)24/h1-9,22-23H,(H,19,20). The zero-order chi connectivity index (χ0) is 16.7. The van der Waals surface area contributed by atoms with Crippen molar-refractivity contribution in [3.8, 4) is 0 Å². The summed E-state index contributed by atoms with van der Waals surface area (Å²) in [6, 6.07) is 12.7. The Balaban J connectivity index is 1.97. The molecule has 0 aliphatic heterocycles. The van der Waals surface area contributed by atoms with Crippen molar-refractivity contribution >= 4 is 49.7 Å². The highest BCUT2D eigenvalue weighted by Crippen LogP contribution is 2.30. The number of anilines is 2. The Morgan fingerprint density at radius 3 is 2.79 bits per heavy atom. The summed E-state index contributed by atoms with van der Waals surface area (Å²) >= 11 is 3.50. The van der Waals surface area contributed by atoms with Crippen LogP contribution in [-0.4, -0.2) is 19.6 Å². The molecule has 2 aromatic carbocycles. The first-order chi connectivity index (χ1) is 11.6. The van der Waals surface area contributed by atoms with Crippen LogP contribution in [0, 0.1) is 5.21 Å². The number of hydrogen-bond donors (Lipinski definition) is 3. The van der Waals surface area contributed by atoms with Crippen molar-refractivity contribution in [2.75, 3.05) is 5.32 Å². The van der Waals surface area contributed by atoms with Crippen LogP contribution < -0.4 is 10.5 Å². The number of imidazole rings is 1. The maximum Gasteiger partial charge on any atom is 0.190 e. The molecular weight excluding hydrogens is 374 g/mol. The highest BCUT2D eigenvalue weighted by atomic mass is 79.9. The van der Waals surface area contributed by atoms with Gasteiger partial charge in [-0.1, -0.05) is 18.2 Å². The molecule has 0 amide bonds. The summed E-state index contributed by atoms with van der Waals surface area (Å²) in [5.74, 6) is 0.606. The van der Waals surface area contributed by atoms with Gasteiger partial charge in [0, 0.05) is 10.5 Å². The molecule has 1 unspecified atom stereocenters. The van der Waals surface area contributed by atoms with E-state index in [4.69, 9.17) is 0 Å². The Morgan fingerprint density at radius 2 is 2.00 bits per heavy atom. The molecule has 8 heteroatoms. The summed E-state index contributed by atoms with van der Waals surface area (Å²) in [5, 5.41) is 23.2. The number of quaternary nitrogens is 1. The van der Waals surface area contributed by atoms with Gasteiger partial charge in [0.25, 0.3) is 0 Å². The second kappa shape index (κ2) is 5.84. The normalized spacial score (nSPS) is 12.6. The summed E-state index contributed by atoms with van der Waals surface area (Å²) in [6.45, 7) is 0. The molecule has 0 aliphatic carbocycles. The largest absolute Gasteiger partial charge is 0.595 e. The number of aromatic nitrogens is 3. The van der Waals surface area contributed by atoms with E-state index in [-0.39, 0.29) is 5.69 Å². The third-order valence-electron chi connectivity index (χ3n) is 3.73. The van der Waals surface area contributed by atoms with Crippen molar-refractivity contribution in [3.63, 3.8) is 0 Å². The zero-order valence-electron chi connectivity index (χ0n) is 12.3. The summed E-state index contributed by atoms with van der Waals surface area (Å²) in [4.78, 5) is 8.75. The van der Waals surface area contributed by atoms with Crippen LogP contribution in [0.3, 0.4) is 0 Å². The first-order valence-corrected chi connectivity index (χ1v) is 7.94. The predicted octanol–water partition coefficient (Wildman–Crippen LogP) is 2.79. The zero-order valence-corrected chi connectivity index (χ0v) is 13.9. The van der Waals surface area contributed by atoms with Crippen LogP contribution in [0.2, 0.25) is 0 Å². The monoisotopic (exact) mass is 385 g/mol. The maximum atomic E-state index is 11.5. The molecule has 0 spiro atoms. The maximum absolute atomic E-state index is 11.5. The Morgan fingerprint density at radius 1 is 1.17 bits per heavy atom. The Kier molecular flexibility index (Phi) is 3.66. The summed E-state index contributed by atoms with van der Waals surface area (Å²) < 4.78 is 2.65. The minimum absolute atomic E-state index is 0.190. The van der Waals surface area contributed by atoms with Crippen LogP contribution in [-0.2, 0) is 0 Å². The van der Waals surface area contributed by atoms with Gasteiger partial charge in [-0.2, -0.15) is 5.23 Å². The van der Waals surface area contributed by atoms with Gasteiger partial charge in [-0.3, -0.25) is 4.40 Å². The number of fused-ring (bicyclic) bond motifs is 3. The molecule has 2 aromatic heterocycles. The number of nitrogens with one attached hydrogen (secondary N) is 2. The van der Waals surface area contributed by atoms with E-state index in [2.05, 4.69) is 31.2 Å². The van der Waals surface area contributed by atoms with Crippen LogP contribution in [0.5, 0.6) is 0 Å². The topological polar surface area (TPSA) is 90.0 Å². The minimum atomic E-state index is -0.996. The number of hydrogen-bond acceptors (Lipinski definition) is 5. The fourth-order valence-electron chi connectivity index (χ4n) is 2.66. The van der Waals surface area contributed by atoms with Gasteiger partial charge in [0.05, 0.1) is 17.4 Å². The smallest absolute Gasteiger partial charge is 0.190 e. The van der Waals surface area contributed by atoms with Crippen molar-refractivity contribution in [3.05, 3.63) is 64.7 Å². The molecule has 0 saturated heterocycles. The molecule has 0 bridgehead atoms. The lowest BCUT2D eigenvalue weighted by Crippen LogP contribution is -2.99. The fourth-order valence-corrected chi connectivity index (χ4v) is 3.04. The molecule has 120 valence electrons. The van der Waals surface area contributed by atoms with Gasteiger partial charge in [0.1, 0.15) is 17.4 Å². The Bertz CT molecular complexity index is 1050. The molecule has 24 heavy (non-hydrogen) atoms. The molecule has 1 atom stereocenters. The third kappa shape index (κ3) is 2.42. The number of halogens is 1. The van der Waals surface area contributed by atoms with Gasteiger partial charge in [0.15, 0.2) is 11.5 Å². The van der Waals surface area contributed by atoms with E-state index >= 15 is 0 Å². The van der Waals surface area contributed by atoms with Gasteiger partial charge < -0.3 is 10.5 Å². The number of para-hydroxylation sites is 2. The molecule has 7 nitrogen and oxygen atoms in total. The van der Waals surface area contributed by atoms with Gasteiger partial charge in [-0.05, 0) is 34.1 Å². The van der Waals surface area contributed by atoms with Gasteiger partial charge >= 0.3 is 0 Å². The van der Waals surface area contributed by atoms with Crippen LogP contribution in [0.25, 0.3) is 16.6 Å². The van der Waals surface area contributed by atoms with Crippen molar-refractivity contribution in [2.45, 2.75) is 0 Å². The highest BCUT2D eigenvalue weighted by molar-refractivity contribution is 9.10. The molecule has 4 aromatic rings. The predicted molar refractivity (Wildman–Crippen MR) is 93.7 cm³/mol. The lowest BCUT2D eigenvalue weighted by molar-refractivity contribution is -0.990. The van der Waals surface area contributed by atoms with E-state index in [1.165, 1.54) is 0 Å². The molecule has 3 N–H and O–H groups in total. The second-order valence-corrected chi connectivity index (χ2v) is 6.05. The van der Waals surface area contributed by atoms with Crippen LogP contribution in [0.4, 0.5) is 17.2 Å². The molecule has 2 heterocycles. The average molecular weight is 386 g/mol. The summed E-state index contributed by atoms with van der Waals surface area (Å²) in [6.07, 6.45) is 3.25. The van der Waals surface area contributed by atoms with E-state index in [1.807, 2.05) is 24.3 Å². The van der Waals surface area contributed by atoms with Crippen LogP contribution in [0.1, 0.15) is 0 Å². The van der Waals surface area contributed by atoms with Gasteiger partial charge in [0.2, 0.25) is 0 Å². The first-order valence-electron chi connectivity index (χ1n) is 7.15. The first kappa shape index (κ1) is 15.0. The van der Waals surface area contributed by atoms with Crippen LogP contribution >= 0.6 is 15.9 Å². The van der Waals surface area contributed by atoms with E-state index in [1.54, 1.807) is 35.1 Å². The van der Waals surface area contributed by atoms with Crippen molar-refractivity contribution in [2.24, 2.45) is 0 Å². The van der Waals surface area contributed by atoms with Gasteiger partial charge in [-0.15, -0.1) is 0 Å². The van der Waals surface area contributed by atoms with Gasteiger partial charge in [-0.25, -0.2) is 15.2 Å².